The summed E-state index contributed by atoms with van der Waals surface area (Å²) in [5.41, 5.74) is 3.40. The molecule has 1 amide bonds. The molecule has 0 spiro atoms. The molecule has 35 heavy (non-hydrogen) atoms. The molecule has 5 nitrogen and oxygen atoms in total. The minimum absolute atomic E-state index is 0.0377. The summed E-state index contributed by atoms with van der Waals surface area (Å²) in [5, 5.41) is 0. The van der Waals surface area contributed by atoms with Gasteiger partial charge in [0.2, 0.25) is 5.79 Å². The van der Waals surface area contributed by atoms with Crippen LogP contribution in [0, 0.1) is 0 Å². The van der Waals surface area contributed by atoms with Gasteiger partial charge in [0.05, 0.1) is 12.6 Å². The fourth-order valence-electron chi connectivity index (χ4n) is 5.56. The van der Waals surface area contributed by atoms with E-state index in [9.17, 15) is 4.79 Å². The van der Waals surface area contributed by atoms with Crippen LogP contribution in [-0.2, 0) is 20.1 Å². The predicted molar refractivity (Wildman–Crippen MR) is 138 cm³/mol. The maximum Gasteiger partial charge on any atom is 0.254 e. The molecular weight excluding hydrogens is 456 g/mol. The SMILES string of the molecule is O=C([C@@H]1O[C@@]2(c3ccccc3)CN(C(c3ccccc3)c3ccccc3)C[C@@H]1O2)N1CCSCC1. The quantitative estimate of drug-likeness (QED) is 0.538. The second-order valence-electron chi connectivity index (χ2n) is 9.40. The fourth-order valence-corrected chi connectivity index (χ4v) is 6.46. The van der Waals surface area contributed by atoms with Crippen LogP contribution in [0.3, 0.4) is 0 Å². The van der Waals surface area contributed by atoms with Crippen LogP contribution in [0.15, 0.2) is 91.0 Å². The summed E-state index contributed by atoms with van der Waals surface area (Å²) in [4.78, 5) is 18.0. The van der Waals surface area contributed by atoms with E-state index in [0.717, 1.165) is 30.2 Å². The van der Waals surface area contributed by atoms with E-state index in [0.29, 0.717) is 13.1 Å². The van der Waals surface area contributed by atoms with Crippen molar-refractivity contribution in [3.8, 4) is 0 Å². The van der Waals surface area contributed by atoms with Crippen LogP contribution in [0.2, 0.25) is 0 Å². The highest BCUT2D eigenvalue weighted by Gasteiger charge is 2.57. The number of fused-ring (bicyclic) bond motifs is 2. The Morgan fingerprint density at radius 2 is 1.40 bits per heavy atom. The molecule has 3 saturated heterocycles. The molecule has 3 aromatic rings. The lowest BCUT2D eigenvalue weighted by Crippen LogP contribution is -2.52. The van der Waals surface area contributed by atoms with E-state index in [-0.39, 0.29) is 18.1 Å². The van der Waals surface area contributed by atoms with E-state index >= 15 is 0 Å². The molecule has 0 N–H and O–H groups in total. The summed E-state index contributed by atoms with van der Waals surface area (Å²) in [6.45, 7) is 2.72. The molecule has 3 aliphatic heterocycles. The monoisotopic (exact) mass is 486 g/mol. The van der Waals surface area contributed by atoms with Crippen molar-refractivity contribution in [3.63, 3.8) is 0 Å². The van der Waals surface area contributed by atoms with Crippen LogP contribution in [-0.4, -0.2) is 65.6 Å². The molecule has 0 aliphatic carbocycles. The van der Waals surface area contributed by atoms with Gasteiger partial charge in [-0.15, -0.1) is 0 Å². The maximum absolute atomic E-state index is 13.6. The number of hydrogen-bond acceptors (Lipinski definition) is 5. The number of nitrogens with zero attached hydrogens (tertiary/aromatic N) is 2. The van der Waals surface area contributed by atoms with Crippen molar-refractivity contribution < 1.29 is 14.3 Å². The highest BCUT2D eigenvalue weighted by molar-refractivity contribution is 7.99. The van der Waals surface area contributed by atoms with Crippen molar-refractivity contribution >= 4 is 17.7 Å². The van der Waals surface area contributed by atoms with Gasteiger partial charge in [0.1, 0.15) is 6.10 Å². The van der Waals surface area contributed by atoms with Crippen LogP contribution < -0.4 is 0 Å². The second kappa shape index (κ2) is 9.78. The molecule has 3 atom stereocenters. The number of benzene rings is 3. The molecule has 2 bridgehead atoms. The molecule has 0 unspecified atom stereocenters. The number of carbonyl (C=O) groups is 1. The first-order chi connectivity index (χ1) is 17.2. The molecular formula is C29H30N2O3S. The third-order valence-electron chi connectivity index (χ3n) is 7.20. The summed E-state index contributed by atoms with van der Waals surface area (Å²) < 4.78 is 13.3. The lowest BCUT2D eigenvalue weighted by Gasteiger charge is -2.42. The first kappa shape index (κ1) is 22.8. The summed E-state index contributed by atoms with van der Waals surface area (Å²) in [6.07, 6.45) is -0.934. The van der Waals surface area contributed by atoms with Gasteiger partial charge < -0.3 is 14.4 Å². The molecule has 3 fully saturated rings. The van der Waals surface area contributed by atoms with Gasteiger partial charge in [-0.1, -0.05) is 91.0 Å². The Bertz CT molecular complexity index is 1100. The summed E-state index contributed by atoms with van der Waals surface area (Å²) in [5.74, 6) is 1.04. The van der Waals surface area contributed by atoms with E-state index in [2.05, 4.69) is 65.6 Å². The first-order valence-electron chi connectivity index (χ1n) is 12.4. The largest absolute Gasteiger partial charge is 0.339 e. The van der Waals surface area contributed by atoms with Gasteiger partial charge in [-0.3, -0.25) is 9.69 Å². The van der Waals surface area contributed by atoms with E-state index in [1.165, 1.54) is 11.1 Å². The summed E-state index contributed by atoms with van der Waals surface area (Å²) in [6, 6.07) is 31.3. The van der Waals surface area contributed by atoms with Gasteiger partial charge in [0.25, 0.3) is 5.91 Å². The number of rotatable bonds is 5. The summed E-state index contributed by atoms with van der Waals surface area (Å²) >= 11 is 1.90. The zero-order valence-corrected chi connectivity index (χ0v) is 20.5. The van der Waals surface area contributed by atoms with Gasteiger partial charge >= 0.3 is 0 Å². The molecule has 6 rings (SSSR count). The zero-order chi connectivity index (χ0) is 23.7. The molecule has 180 valence electrons. The van der Waals surface area contributed by atoms with E-state index < -0.39 is 11.9 Å². The average Bonchev–Trinajstić information content (AvgIpc) is 3.21. The van der Waals surface area contributed by atoms with Crippen LogP contribution in [0.1, 0.15) is 22.7 Å². The predicted octanol–water partition coefficient (Wildman–Crippen LogP) is 4.30. The third kappa shape index (κ3) is 4.40. The highest BCUT2D eigenvalue weighted by Crippen LogP contribution is 2.46. The van der Waals surface area contributed by atoms with E-state index in [1.807, 2.05) is 47.0 Å². The van der Waals surface area contributed by atoms with Crippen LogP contribution in [0.4, 0.5) is 0 Å². The van der Waals surface area contributed by atoms with Crippen LogP contribution in [0.5, 0.6) is 0 Å². The molecule has 3 heterocycles. The van der Waals surface area contributed by atoms with Crippen molar-refractivity contribution in [2.24, 2.45) is 0 Å². The average molecular weight is 487 g/mol. The minimum atomic E-state index is -0.975. The number of hydrogen-bond donors (Lipinski definition) is 0. The lowest BCUT2D eigenvalue weighted by molar-refractivity contribution is -0.220. The highest BCUT2D eigenvalue weighted by atomic mass is 32.2. The third-order valence-corrected chi connectivity index (χ3v) is 8.14. The van der Waals surface area contributed by atoms with Crippen molar-refractivity contribution in [2.45, 2.75) is 24.0 Å². The summed E-state index contributed by atoms with van der Waals surface area (Å²) in [7, 11) is 0. The van der Waals surface area contributed by atoms with Crippen molar-refractivity contribution in [3.05, 3.63) is 108 Å². The fraction of sp³-hybridized carbons (Fsp3) is 0.345. The Morgan fingerprint density at radius 1 is 0.829 bits per heavy atom. The zero-order valence-electron chi connectivity index (χ0n) is 19.7. The number of carbonyl (C=O) groups excluding carboxylic acids is 1. The van der Waals surface area contributed by atoms with Crippen molar-refractivity contribution in [1.29, 1.82) is 0 Å². The minimum Gasteiger partial charge on any atom is -0.339 e. The lowest BCUT2D eigenvalue weighted by atomic mass is 9.94. The van der Waals surface area contributed by atoms with Crippen LogP contribution >= 0.6 is 11.8 Å². The first-order valence-corrected chi connectivity index (χ1v) is 13.5. The Kier molecular flexibility index (Phi) is 6.37. The standard InChI is InChI=1S/C29H30N2O3S/c32-28(30-16-18-35-19-17-30)27-25-20-31(21-29(33-25,34-27)24-14-8-3-9-15-24)26(22-10-4-1-5-11-22)23-12-6-2-7-13-23/h1-15,25-27H,16-21H2/t25-,27+,29+/m0/s1. The van der Waals surface area contributed by atoms with Gasteiger partial charge in [-0.05, 0) is 11.1 Å². The molecule has 3 aliphatic rings. The van der Waals surface area contributed by atoms with Gasteiger partial charge in [-0.2, -0.15) is 11.8 Å². The smallest absolute Gasteiger partial charge is 0.254 e. The second-order valence-corrected chi connectivity index (χ2v) is 10.6. The van der Waals surface area contributed by atoms with Gasteiger partial charge in [-0.25, -0.2) is 0 Å². The molecule has 6 heteroatoms. The molecule has 3 aromatic carbocycles. The molecule has 0 saturated carbocycles. The normalized spacial score (nSPS) is 26.7. The number of thioether (sulfide) groups is 1. The van der Waals surface area contributed by atoms with E-state index in [1.54, 1.807) is 0 Å². The Hall–Kier alpha value is -2.64. The Morgan fingerprint density at radius 3 is 2.00 bits per heavy atom. The van der Waals surface area contributed by atoms with E-state index in [4.69, 9.17) is 9.47 Å². The van der Waals surface area contributed by atoms with Gasteiger partial charge in [0.15, 0.2) is 6.10 Å². The van der Waals surface area contributed by atoms with Crippen molar-refractivity contribution in [1.82, 2.24) is 9.80 Å². The number of amides is 1. The Balaban J connectivity index is 1.39. The van der Waals surface area contributed by atoms with Gasteiger partial charge in [0, 0.05) is 36.7 Å². The van der Waals surface area contributed by atoms with Crippen molar-refractivity contribution in [2.75, 3.05) is 37.7 Å². The van der Waals surface area contributed by atoms with Crippen LogP contribution in [0.25, 0.3) is 0 Å². The number of morpholine rings is 1. The molecule has 0 radical (unpaired) electrons. The molecule has 0 aromatic heterocycles. The number of ether oxygens (including phenoxy) is 2. The topological polar surface area (TPSA) is 42.0 Å². The Labute approximate surface area is 211 Å². The maximum atomic E-state index is 13.6.